The van der Waals surface area contributed by atoms with Gasteiger partial charge in [0.1, 0.15) is 23.9 Å². The van der Waals surface area contributed by atoms with Crippen molar-refractivity contribution in [1.29, 1.82) is 0 Å². The lowest BCUT2D eigenvalue weighted by molar-refractivity contribution is -0.134. The number of aryl methyl sites for hydroxylation is 3. The maximum absolute atomic E-state index is 14.1. The van der Waals surface area contributed by atoms with E-state index in [2.05, 4.69) is 0 Å². The van der Waals surface area contributed by atoms with Crippen molar-refractivity contribution in [3.05, 3.63) is 58.4 Å². The summed E-state index contributed by atoms with van der Waals surface area (Å²) in [5.74, 6) is 0.486. The molecule has 0 spiro atoms. The Morgan fingerprint density at radius 1 is 1.04 bits per heavy atom. The van der Waals surface area contributed by atoms with Crippen LogP contribution in [-0.2, 0) is 24.2 Å². The predicted molar refractivity (Wildman–Crippen MR) is 96.6 cm³/mol. The lowest BCUT2D eigenvalue weighted by Crippen LogP contribution is -2.10. The highest BCUT2D eigenvalue weighted by Gasteiger charge is 2.14. The van der Waals surface area contributed by atoms with Gasteiger partial charge in [0.05, 0.1) is 0 Å². The van der Waals surface area contributed by atoms with E-state index < -0.39 is 0 Å². The van der Waals surface area contributed by atoms with E-state index in [0.717, 1.165) is 23.1 Å². The molecule has 0 aliphatic rings. The molecule has 0 atom stereocenters. The first-order valence-electron chi connectivity index (χ1n) is 8.73. The number of hydrogen-bond donors (Lipinski definition) is 0. The number of esters is 1. The number of benzene rings is 2. The monoisotopic (exact) mass is 344 g/mol. The third-order valence-corrected chi connectivity index (χ3v) is 4.24. The van der Waals surface area contributed by atoms with E-state index in [0.29, 0.717) is 29.9 Å². The van der Waals surface area contributed by atoms with Crippen molar-refractivity contribution in [2.24, 2.45) is 0 Å². The van der Waals surface area contributed by atoms with Crippen molar-refractivity contribution in [3.63, 3.8) is 0 Å². The average Bonchev–Trinajstić information content (AvgIpc) is 2.61. The molecule has 0 unspecified atom stereocenters. The summed E-state index contributed by atoms with van der Waals surface area (Å²) in [7, 11) is 0. The zero-order valence-electron chi connectivity index (χ0n) is 15.3. The molecule has 0 saturated heterocycles. The first-order valence-corrected chi connectivity index (χ1v) is 8.73. The summed E-state index contributed by atoms with van der Waals surface area (Å²) in [6.45, 7) is 7.85. The predicted octanol–water partition coefficient (Wildman–Crippen LogP) is 5.15. The fourth-order valence-corrected chi connectivity index (χ4v) is 2.63. The number of carbonyl (C=O) groups is 1. The van der Waals surface area contributed by atoms with Gasteiger partial charge in [0.2, 0.25) is 0 Å². The van der Waals surface area contributed by atoms with E-state index in [4.69, 9.17) is 9.47 Å². The van der Waals surface area contributed by atoms with Gasteiger partial charge in [0.15, 0.2) is 0 Å². The number of rotatable bonds is 7. The van der Waals surface area contributed by atoms with Crippen molar-refractivity contribution in [1.82, 2.24) is 0 Å². The van der Waals surface area contributed by atoms with E-state index in [1.165, 1.54) is 6.07 Å². The van der Waals surface area contributed by atoms with Gasteiger partial charge in [0, 0.05) is 18.1 Å². The van der Waals surface area contributed by atoms with E-state index in [-0.39, 0.29) is 18.4 Å². The Balaban J connectivity index is 2.27. The van der Waals surface area contributed by atoms with E-state index in [9.17, 15) is 9.18 Å². The van der Waals surface area contributed by atoms with Crippen LogP contribution in [0, 0.1) is 12.7 Å². The lowest BCUT2D eigenvalue weighted by atomic mass is 10.0. The molecule has 4 heteroatoms. The molecule has 0 aliphatic carbocycles. The van der Waals surface area contributed by atoms with E-state index >= 15 is 0 Å². The highest BCUT2D eigenvalue weighted by Crippen LogP contribution is 2.28. The summed E-state index contributed by atoms with van der Waals surface area (Å²) in [5.41, 5.74) is 3.42. The van der Waals surface area contributed by atoms with Crippen LogP contribution in [0.25, 0.3) is 0 Å². The van der Waals surface area contributed by atoms with E-state index in [1.54, 1.807) is 13.0 Å². The summed E-state index contributed by atoms with van der Waals surface area (Å²) in [6.07, 6.45) is 1.71. The van der Waals surface area contributed by atoms with Crippen molar-refractivity contribution >= 4 is 5.97 Å². The van der Waals surface area contributed by atoms with E-state index in [1.807, 2.05) is 39.0 Å². The Hall–Kier alpha value is -2.36. The maximum atomic E-state index is 14.1. The van der Waals surface area contributed by atoms with Crippen LogP contribution in [0.15, 0.2) is 30.3 Å². The summed E-state index contributed by atoms with van der Waals surface area (Å²) in [4.78, 5) is 11.6. The molecule has 3 nitrogen and oxygen atoms in total. The van der Waals surface area contributed by atoms with Gasteiger partial charge < -0.3 is 9.47 Å². The second kappa shape index (κ2) is 8.65. The quantitative estimate of drug-likeness (QED) is 0.514. The fourth-order valence-electron chi connectivity index (χ4n) is 2.63. The molecule has 0 aromatic heterocycles. The van der Waals surface area contributed by atoms with Crippen LogP contribution < -0.4 is 9.47 Å². The lowest BCUT2D eigenvalue weighted by Gasteiger charge is -2.16. The second-order valence-corrected chi connectivity index (χ2v) is 5.93. The minimum absolute atomic E-state index is 0.219. The number of halogens is 1. The average molecular weight is 344 g/mol. The van der Waals surface area contributed by atoms with Gasteiger partial charge in [-0.1, -0.05) is 32.9 Å². The Morgan fingerprint density at radius 3 is 2.40 bits per heavy atom. The van der Waals surface area contributed by atoms with Crippen molar-refractivity contribution in [3.8, 4) is 11.5 Å². The van der Waals surface area contributed by atoms with Gasteiger partial charge in [0.25, 0.3) is 0 Å². The summed E-state index contributed by atoms with van der Waals surface area (Å²) in [5, 5.41) is 0. The Morgan fingerprint density at radius 2 is 1.76 bits per heavy atom. The Bertz CT molecular complexity index is 753. The third-order valence-electron chi connectivity index (χ3n) is 4.24. The van der Waals surface area contributed by atoms with Crippen LogP contribution in [0.2, 0.25) is 0 Å². The molecule has 2 rings (SSSR count). The molecule has 0 heterocycles. The van der Waals surface area contributed by atoms with Crippen LogP contribution in [-0.4, -0.2) is 5.97 Å². The normalized spacial score (nSPS) is 10.6. The smallest absolute Gasteiger partial charge is 0.310 e. The van der Waals surface area contributed by atoms with Crippen molar-refractivity contribution in [2.45, 2.75) is 53.6 Å². The summed E-state index contributed by atoms with van der Waals surface area (Å²) in [6, 6.07) is 8.84. The highest BCUT2D eigenvalue weighted by atomic mass is 19.1. The molecule has 0 saturated carbocycles. The summed E-state index contributed by atoms with van der Waals surface area (Å²) >= 11 is 0. The van der Waals surface area contributed by atoms with Crippen molar-refractivity contribution < 1.29 is 18.7 Å². The third kappa shape index (κ3) is 4.59. The van der Waals surface area contributed by atoms with Crippen LogP contribution in [0.5, 0.6) is 11.5 Å². The van der Waals surface area contributed by atoms with Gasteiger partial charge in [-0.15, -0.1) is 0 Å². The fraction of sp³-hybridized carbons (Fsp3) is 0.381. The summed E-state index contributed by atoms with van der Waals surface area (Å²) < 4.78 is 25.4. The van der Waals surface area contributed by atoms with Crippen LogP contribution in [0.4, 0.5) is 4.39 Å². The maximum Gasteiger partial charge on any atom is 0.310 e. The molecule has 0 amide bonds. The Kier molecular flexibility index (Phi) is 6.57. The molecular weight excluding hydrogens is 319 g/mol. The molecule has 0 fully saturated rings. The molecular formula is C21H25FO3. The molecule has 25 heavy (non-hydrogen) atoms. The van der Waals surface area contributed by atoms with Gasteiger partial charge in [-0.25, -0.2) is 4.39 Å². The zero-order chi connectivity index (χ0) is 18.4. The first-order chi connectivity index (χ1) is 12.0. The topological polar surface area (TPSA) is 35.5 Å². The molecule has 134 valence electrons. The van der Waals surface area contributed by atoms with Gasteiger partial charge in [-0.05, 0) is 48.6 Å². The van der Waals surface area contributed by atoms with Crippen LogP contribution >= 0.6 is 0 Å². The largest absolute Gasteiger partial charge is 0.488 e. The molecule has 0 aliphatic heterocycles. The zero-order valence-corrected chi connectivity index (χ0v) is 15.3. The molecule has 0 radical (unpaired) electrons. The number of hydrogen-bond acceptors (Lipinski definition) is 3. The van der Waals surface area contributed by atoms with Crippen LogP contribution in [0.1, 0.15) is 49.4 Å². The molecule has 2 aromatic rings. The molecule has 0 N–H and O–H groups in total. The minimum atomic E-state index is -0.292. The van der Waals surface area contributed by atoms with Gasteiger partial charge in [-0.2, -0.15) is 0 Å². The van der Waals surface area contributed by atoms with Gasteiger partial charge >= 0.3 is 5.97 Å². The van der Waals surface area contributed by atoms with Gasteiger partial charge in [-0.3, -0.25) is 4.79 Å². The minimum Gasteiger partial charge on any atom is -0.488 e. The standard InChI is InChI=1S/C21H25FO3/c1-5-15-11-16(6-2)20(12-18(15)22)24-13-17-14(4)9-8-10-19(17)25-21(23)7-3/h8-12H,5-7,13H2,1-4H3. The van der Waals surface area contributed by atoms with Crippen molar-refractivity contribution in [2.75, 3.05) is 0 Å². The molecule has 0 bridgehead atoms. The number of carbonyl (C=O) groups excluding carboxylic acids is 1. The highest BCUT2D eigenvalue weighted by molar-refractivity contribution is 5.72. The Labute approximate surface area is 148 Å². The SMILES string of the molecule is CCC(=O)Oc1cccc(C)c1COc1cc(F)c(CC)cc1CC. The second-order valence-electron chi connectivity index (χ2n) is 5.93. The number of ether oxygens (including phenoxy) is 2. The first kappa shape index (κ1) is 19.0. The van der Waals surface area contributed by atoms with Crippen LogP contribution in [0.3, 0.4) is 0 Å². The molecule has 2 aromatic carbocycles.